The minimum Gasteiger partial charge on any atom is -0.375 e. The van der Waals surface area contributed by atoms with Gasteiger partial charge in [0, 0.05) is 38.6 Å². The van der Waals surface area contributed by atoms with Gasteiger partial charge in [0.25, 0.3) is 0 Å². The zero-order valence-corrected chi connectivity index (χ0v) is 12.8. The summed E-state index contributed by atoms with van der Waals surface area (Å²) in [6, 6.07) is 1.58. The van der Waals surface area contributed by atoms with Crippen LogP contribution in [0.15, 0.2) is 17.2 Å². The monoisotopic (exact) mass is 289 g/mol. The molecule has 1 aromatic rings. The highest BCUT2D eigenvalue weighted by atomic mass is 32.2. The van der Waals surface area contributed by atoms with Crippen LogP contribution in [0.3, 0.4) is 0 Å². The first-order valence-electron chi connectivity index (χ1n) is 6.21. The quantitative estimate of drug-likeness (QED) is 0.768. The number of nitrogens with two attached hydrogens (primary N) is 1. The second-order valence-electron chi connectivity index (χ2n) is 5.00. The Hall–Kier alpha value is -0.890. The van der Waals surface area contributed by atoms with E-state index in [0.29, 0.717) is 13.2 Å². The largest absolute Gasteiger partial charge is 0.375 e. The molecule has 0 aliphatic heterocycles. The van der Waals surface area contributed by atoms with Gasteiger partial charge in [0.05, 0.1) is 10.5 Å². The maximum absolute atomic E-state index is 12.1. The maximum Gasteiger partial charge on any atom is 0.242 e. The van der Waals surface area contributed by atoms with Gasteiger partial charge in [-0.25, -0.2) is 13.1 Å². The lowest BCUT2D eigenvalue weighted by Crippen LogP contribution is -2.40. The summed E-state index contributed by atoms with van der Waals surface area (Å²) in [4.78, 5) is 0.225. The summed E-state index contributed by atoms with van der Waals surface area (Å²) >= 11 is 0. The third kappa shape index (κ3) is 4.31. The average molecular weight is 289 g/mol. The predicted octanol–water partition coefficient (Wildman–Crippen LogP) is 0.577. The van der Waals surface area contributed by atoms with Crippen molar-refractivity contribution in [2.24, 2.45) is 12.8 Å². The van der Waals surface area contributed by atoms with E-state index in [0.717, 1.165) is 5.69 Å². The molecule has 6 nitrogen and oxygen atoms in total. The van der Waals surface area contributed by atoms with Gasteiger partial charge >= 0.3 is 0 Å². The van der Waals surface area contributed by atoms with E-state index < -0.39 is 15.6 Å². The SMILES string of the molecule is CCOC(C)(C)CNS(=O)(=O)c1cc(CN)n(C)c1. The van der Waals surface area contributed by atoms with E-state index in [2.05, 4.69) is 4.72 Å². The van der Waals surface area contributed by atoms with Gasteiger partial charge in [-0.2, -0.15) is 0 Å². The lowest BCUT2D eigenvalue weighted by atomic mass is 10.1. The fourth-order valence-corrected chi connectivity index (χ4v) is 3.01. The highest BCUT2D eigenvalue weighted by Gasteiger charge is 2.23. The molecule has 0 unspecified atom stereocenters. The molecule has 1 heterocycles. The summed E-state index contributed by atoms with van der Waals surface area (Å²) in [5.74, 6) is 0. The minimum absolute atomic E-state index is 0.218. The first-order chi connectivity index (χ1) is 8.72. The number of sulfonamides is 1. The molecule has 0 saturated heterocycles. The Bertz CT molecular complexity index is 520. The van der Waals surface area contributed by atoms with E-state index in [9.17, 15) is 8.42 Å². The van der Waals surface area contributed by atoms with Crippen LogP contribution >= 0.6 is 0 Å². The molecule has 1 aromatic heterocycles. The highest BCUT2D eigenvalue weighted by Crippen LogP contribution is 2.14. The fourth-order valence-electron chi connectivity index (χ4n) is 1.72. The Balaban J connectivity index is 2.81. The molecule has 0 bridgehead atoms. The van der Waals surface area contributed by atoms with Crippen LogP contribution in [0, 0.1) is 0 Å². The summed E-state index contributed by atoms with van der Waals surface area (Å²) in [6.45, 7) is 6.62. The van der Waals surface area contributed by atoms with Crippen LogP contribution in [0.4, 0.5) is 0 Å². The third-order valence-corrected chi connectivity index (χ3v) is 4.19. The number of aromatic nitrogens is 1. The number of nitrogens with one attached hydrogen (secondary N) is 1. The van der Waals surface area contributed by atoms with Crippen molar-refractivity contribution in [3.05, 3.63) is 18.0 Å². The zero-order valence-electron chi connectivity index (χ0n) is 11.9. The number of hydrogen-bond donors (Lipinski definition) is 2. The van der Waals surface area contributed by atoms with Crippen molar-refractivity contribution in [1.29, 1.82) is 0 Å². The van der Waals surface area contributed by atoms with Crippen molar-refractivity contribution in [1.82, 2.24) is 9.29 Å². The second-order valence-corrected chi connectivity index (χ2v) is 6.77. The molecular formula is C12H23N3O3S. The van der Waals surface area contributed by atoms with Crippen molar-refractivity contribution < 1.29 is 13.2 Å². The Morgan fingerprint density at radius 3 is 2.58 bits per heavy atom. The van der Waals surface area contributed by atoms with Gasteiger partial charge in [0.1, 0.15) is 0 Å². The molecule has 0 fully saturated rings. The Kier molecular flexibility index (Phi) is 5.14. The van der Waals surface area contributed by atoms with Gasteiger partial charge in [-0.15, -0.1) is 0 Å². The van der Waals surface area contributed by atoms with E-state index in [4.69, 9.17) is 10.5 Å². The van der Waals surface area contributed by atoms with Crippen molar-refractivity contribution >= 4 is 10.0 Å². The number of nitrogens with zero attached hydrogens (tertiary/aromatic N) is 1. The predicted molar refractivity (Wildman–Crippen MR) is 74.2 cm³/mol. The topological polar surface area (TPSA) is 86.3 Å². The number of rotatable bonds is 7. The van der Waals surface area contributed by atoms with Crippen molar-refractivity contribution in [2.75, 3.05) is 13.2 Å². The smallest absolute Gasteiger partial charge is 0.242 e. The molecule has 19 heavy (non-hydrogen) atoms. The summed E-state index contributed by atoms with van der Waals surface area (Å²) in [6.07, 6.45) is 1.55. The van der Waals surface area contributed by atoms with Gasteiger partial charge in [0.15, 0.2) is 0 Å². The molecule has 0 amide bonds. The van der Waals surface area contributed by atoms with Crippen LogP contribution in [0.1, 0.15) is 26.5 Å². The molecule has 3 N–H and O–H groups in total. The van der Waals surface area contributed by atoms with E-state index in [1.54, 1.807) is 23.9 Å². The fraction of sp³-hybridized carbons (Fsp3) is 0.667. The summed E-state index contributed by atoms with van der Waals surface area (Å²) in [5, 5.41) is 0. The molecule has 0 atom stereocenters. The van der Waals surface area contributed by atoms with Crippen LogP contribution in [0.2, 0.25) is 0 Å². The molecular weight excluding hydrogens is 266 g/mol. The van der Waals surface area contributed by atoms with Crippen LogP contribution in [0.5, 0.6) is 0 Å². The molecule has 0 aliphatic rings. The van der Waals surface area contributed by atoms with Gasteiger partial charge in [-0.05, 0) is 26.8 Å². The lowest BCUT2D eigenvalue weighted by Gasteiger charge is -2.24. The van der Waals surface area contributed by atoms with Gasteiger partial charge in [0.2, 0.25) is 10.0 Å². The molecule has 0 saturated carbocycles. The van der Waals surface area contributed by atoms with E-state index in [1.807, 2.05) is 20.8 Å². The van der Waals surface area contributed by atoms with Crippen LogP contribution < -0.4 is 10.5 Å². The average Bonchev–Trinajstić information content (AvgIpc) is 2.69. The molecule has 0 spiro atoms. The first kappa shape index (κ1) is 16.2. The Morgan fingerprint density at radius 1 is 1.47 bits per heavy atom. The minimum atomic E-state index is -3.53. The van der Waals surface area contributed by atoms with Crippen LogP contribution in [-0.4, -0.2) is 31.7 Å². The third-order valence-electron chi connectivity index (χ3n) is 2.83. The first-order valence-corrected chi connectivity index (χ1v) is 7.69. The van der Waals surface area contributed by atoms with E-state index in [-0.39, 0.29) is 11.4 Å². The number of hydrogen-bond acceptors (Lipinski definition) is 4. The molecule has 1 rings (SSSR count). The van der Waals surface area contributed by atoms with Crippen LogP contribution in [-0.2, 0) is 28.4 Å². The second kappa shape index (κ2) is 6.04. The van der Waals surface area contributed by atoms with Crippen molar-refractivity contribution in [3.63, 3.8) is 0 Å². The Morgan fingerprint density at radius 2 is 2.11 bits per heavy atom. The molecule has 0 aliphatic carbocycles. The standard InChI is InChI=1S/C12H23N3O3S/c1-5-18-12(2,3)9-14-19(16,17)11-6-10(7-13)15(4)8-11/h6,8,14H,5,7,9,13H2,1-4H3. The highest BCUT2D eigenvalue weighted by molar-refractivity contribution is 7.89. The van der Waals surface area contributed by atoms with Crippen molar-refractivity contribution in [3.8, 4) is 0 Å². The van der Waals surface area contributed by atoms with Crippen molar-refractivity contribution in [2.45, 2.75) is 37.8 Å². The van der Waals surface area contributed by atoms with Gasteiger partial charge < -0.3 is 15.0 Å². The van der Waals surface area contributed by atoms with Crippen LogP contribution in [0.25, 0.3) is 0 Å². The molecule has 0 radical (unpaired) electrons. The summed E-state index contributed by atoms with van der Waals surface area (Å²) in [7, 11) is -1.76. The van der Waals surface area contributed by atoms with E-state index >= 15 is 0 Å². The van der Waals surface area contributed by atoms with Gasteiger partial charge in [-0.3, -0.25) is 0 Å². The summed E-state index contributed by atoms with van der Waals surface area (Å²) < 4.78 is 34.0. The zero-order chi connectivity index (χ0) is 14.7. The lowest BCUT2D eigenvalue weighted by molar-refractivity contribution is -0.00515. The molecule has 7 heteroatoms. The summed E-state index contributed by atoms with van der Waals surface area (Å²) in [5.41, 5.74) is 5.77. The molecule has 0 aromatic carbocycles. The van der Waals surface area contributed by atoms with E-state index in [1.165, 1.54) is 0 Å². The molecule has 110 valence electrons. The maximum atomic E-state index is 12.1. The van der Waals surface area contributed by atoms with Gasteiger partial charge in [-0.1, -0.05) is 0 Å². The Labute approximate surface area is 115 Å². The number of aryl methyl sites for hydroxylation is 1. The number of ether oxygens (including phenoxy) is 1. The normalized spacial score (nSPS) is 12.9.